The van der Waals surface area contributed by atoms with Crippen LogP contribution in [0.4, 0.5) is 10.7 Å². The first-order valence-corrected chi connectivity index (χ1v) is 6.88. The van der Waals surface area contributed by atoms with Crippen molar-refractivity contribution < 1.29 is 10.0 Å². The molecule has 0 radical (unpaired) electrons. The Bertz CT molecular complexity index is 468. The summed E-state index contributed by atoms with van der Waals surface area (Å²) in [5, 5.41) is 21.4. The summed E-state index contributed by atoms with van der Waals surface area (Å²) in [6, 6.07) is 1.50. The highest BCUT2D eigenvalue weighted by Gasteiger charge is 2.37. The first-order chi connectivity index (χ1) is 8.33. The molecule has 0 aliphatic carbocycles. The molecule has 1 N–H and O–H groups in total. The molecule has 0 unspecified atom stereocenters. The van der Waals surface area contributed by atoms with Gasteiger partial charge in [0, 0.05) is 23.0 Å². The van der Waals surface area contributed by atoms with Crippen molar-refractivity contribution in [1.82, 2.24) is 0 Å². The van der Waals surface area contributed by atoms with Gasteiger partial charge in [0.2, 0.25) is 0 Å². The summed E-state index contributed by atoms with van der Waals surface area (Å²) >= 11 is 1.33. The lowest BCUT2D eigenvalue weighted by atomic mass is 10.0. The molecule has 2 heterocycles. The second-order valence-electron chi connectivity index (χ2n) is 5.34. The van der Waals surface area contributed by atoms with E-state index in [1.807, 2.05) is 0 Å². The number of nitro groups is 1. The molecule has 1 fully saturated rings. The van der Waals surface area contributed by atoms with E-state index in [4.69, 9.17) is 0 Å². The van der Waals surface area contributed by atoms with Crippen molar-refractivity contribution in [1.29, 1.82) is 0 Å². The fourth-order valence-electron chi connectivity index (χ4n) is 2.40. The zero-order valence-corrected chi connectivity index (χ0v) is 11.7. The van der Waals surface area contributed by atoms with Crippen LogP contribution in [0.3, 0.4) is 0 Å². The summed E-state index contributed by atoms with van der Waals surface area (Å²) in [7, 11) is 0. The Balaban J connectivity index is 2.46. The topological polar surface area (TPSA) is 66.6 Å². The van der Waals surface area contributed by atoms with E-state index in [1.54, 1.807) is 6.92 Å². The molecule has 1 atom stereocenters. The highest BCUT2D eigenvalue weighted by Crippen LogP contribution is 2.45. The van der Waals surface area contributed by atoms with Crippen molar-refractivity contribution >= 4 is 22.0 Å². The van der Waals surface area contributed by atoms with E-state index in [1.165, 1.54) is 17.4 Å². The second kappa shape index (κ2) is 4.51. The van der Waals surface area contributed by atoms with Crippen LogP contribution in [0.15, 0.2) is 6.07 Å². The fraction of sp³-hybridized carbons (Fsp3) is 0.667. The highest BCUT2D eigenvalue weighted by atomic mass is 32.1. The van der Waals surface area contributed by atoms with E-state index in [0.717, 1.165) is 19.4 Å². The molecule has 100 valence electrons. The smallest absolute Gasteiger partial charge is 0.304 e. The van der Waals surface area contributed by atoms with Crippen molar-refractivity contribution in [3.63, 3.8) is 0 Å². The zero-order chi connectivity index (χ0) is 13.5. The van der Waals surface area contributed by atoms with E-state index >= 15 is 0 Å². The third-order valence-corrected chi connectivity index (χ3v) is 4.78. The lowest BCUT2D eigenvalue weighted by Gasteiger charge is -2.31. The summed E-state index contributed by atoms with van der Waals surface area (Å²) in [6.07, 6.45) is 1.42. The van der Waals surface area contributed by atoms with Crippen LogP contribution in [0.5, 0.6) is 0 Å². The van der Waals surface area contributed by atoms with Gasteiger partial charge in [0.15, 0.2) is 5.00 Å². The molecule has 6 heteroatoms. The van der Waals surface area contributed by atoms with Crippen LogP contribution in [0.2, 0.25) is 0 Å². The summed E-state index contributed by atoms with van der Waals surface area (Å²) in [5.41, 5.74) is 0.0665. The quantitative estimate of drug-likeness (QED) is 0.677. The minimum atomic E-state index is -0.659. The molecular weight excluding hydrogens is 252 g/mol. The number of rotatable bonds is 3. The SMILES string of the molecule is C[C@@H](O)c1cc([N+](=O)[O-])c(N2CCCC2(C)C)s1. The van der Waals surface area contributed by atoms with E-state index < -0.39 is 6.10 Å². The summed E-state index contributed by atoms with van der Waals surface area (Å²) in [6.45, 7) is 6.68. The molecule has 1 aliphatic rings. The van der Waals surface area contributed by atoms with Crippen molar-refractivity contribution in [3.05, 3.63) is 21.1 Å². The van der Waals surface area contributed by atoms with Gasteiger partial charge in [0.05, 0.1) is 11.0 Å². The van der Waals surface area contributed by atoms with Crippen LogP contribution in [-0.2, 0) is 0 Å². The van der Waals surface area contributed by atoms with Crippen LogP contribution in [0.25, 0.3) is 0 Å². The number of aliphatic hydroxyl groups excluding tert-OH is 1. The van der Waals surface area contributed by atoms with E-state index in [9.17, 15) is 15.2 Å². The fourth-order valence-corrected chi connectivity index (χ4v) is 3.65. The Morgan fingerprint density at radius 2 is 2.28 bits per heavy atom. The number of hydrogen-bond acceptors (Lipinski definition) is 5. The van der Waals surface area contributed by atoms with Gasteiger partial charge in [-0.3, -0.25) is 10.1 Å². The van der Waals surface area contributed by atoms with Crippen LogP contribution >= 0.6 is 11.3 Å². The number of aliphatic hydroxyl groups is 1. The Morgan fingerprint density at radius 1 is 1.61 bits per heavy atom. The van der Waals surface area contributed by atoms with Gasteiger partial charge in [-0.1, -0.05) is 0 Å². The van der Waals surface area contributed by atoms with Gasteiger partial charge >= 0.3 is 5.69 Å². The molecule has 0 amide bonds. The normalized spacial score (nSPS) is 20.1. The molecule has 1 aromatic rings. The van der Waals surface area contributed by atoms with Gasteiger partial charge in [0.1, 0.15) is 0 Å². The summed E-state index contributed by atoms with van der Waals surface area (Å²) in [4.78, 5) is 13.5. The maximum atomic E-state index is 11.1. The van der Waals surface area contributed by atoms with Gasteiger partial charge in [-0.2, -0.15) is 0 Å². The summed E-state index contributed by atoms with van der Waals surface area (Å²) in [5.74, 6) is 0. The van der Waals surface area contributed by atoms with Gasteiger partial charge in [0.25, 0.3) is 0 Å². The molecule has 0 saturated carbocycles. The standard InChI is InChI=1S/C12H18N2O3S/c1-8(15)10-7-9(14(16)17)11(18-10)13-6-4-5-12(13,2)3/h7-8,15H,4-6H2,1-3H3/t8-/m1/s1. The largest absolute Gasteiger partial charge is 0.388 e. The molecule has 0 bridgehead atoms. The van der Waals surface area contributed by atoms with Crippen LogP contribution in [0.1, 0.15) is 44.6 Å². The van der Waals surface area contributed by atoms with E-state index in [-0.39, 0.29) is 16.1 Å². The Labute approximate surface area is 110 Å². The molecule has 2 rings (SSSR count). The van der Waals surface area contributed by atoms with Gasteiger partial charge < -0.3 is 10.0 Å². The average Bonchev–Trinajstić information content (AvgIpc) is 2.80. The third-order valence-electron chi connectivity index (χ3n) is 3.47. The monoisotopic (exact) mass is 270 g/mol. The average molecular weight is 270 g/mol. The number of nitrogens with zero attached hydrogens (tertiary/aromatic N) is 2. The van der Waals surface area contributed by atoms with E-state index in [0.29, 0.717) is 9.88 Å². The summed E-state index contributed by atoms with van der Waals surface area (Å²) < 4.78 is 0. The van der Waals surface area contributed by atoms with Gasteiger partial charge in [-0.15, -0.1) is 11.3 Å². The Hall–Kier alpha value is -1.14. The maximum Gasteiger partial charge on any atom is 0.304 e. The van der Waals surface area contributed by atoms with Gasteiger partial charge in [-0.25, -0.2) is 0 Å². The molecule has 18 heavy (non-hydrogen) atoms. The van der Waals surface area contributed by atoms with E-state index in [2.05, 4.69) is 18.7 Å². The van der Waals surface area contributed by atoms with Crippen molar-refractivity contribution in [2.75, 3.05) is 11.4 Å². The van der Waals surface area contributed by atoms with Crippen LogP contribution in [0, 0.1) is 10.1 Å². The number of hydrogen-bond donors (Lipinski definition) is 1. The minimum Gasteiger partial charge on any atom is -0.388 e. The molecule has 5 nitrogen and oxygen atoms in total. The molecule has 1 aromatic heterocycles. The highest BCUT2D eigenvalue weighted by molar-refractivity contribution is 7.16. The molecule has 0 spiro atoms. The lowest BCUT2D eigenvalue weighted by molar-refractivity contribution is -0.383. The first kappa shape index (κ1) is 13.3. The maximum absolute atomic E-state index is 11.1. The van der Waals surface area contributed by atoms with Crippen molar-refractivity contribution in [2.45, 2.75) is 45.3 Å². The van der Waals surface area contributed by atoms with Gasteiger partial charge in [-0.05, 0) is 33.6 Å². The second-order valence-corrected chi connectivity index (χ2v) is 6.40. The number of thiophene rings is 1. The van der Waals surface area contributed by atoms with Crippen molar-refractivity contribution in [2.24, 2.45) is 0 Å². The Kier molecular flexibility index (Phi) is 3.33. The molecule has 1 aliphatic heterocycles. The molecule has 1 saturated heterocycles. The third kappa shape index (κ3) is 2.22. The molecular formula is C12H18N2O3S. The van der Waals surface area contributed by atoms with Crippen LogP contribution < -0.4 is 4.90 Å². The lowest BCUT2D eigenvalue weighted by Crippen LogP contribution is -2.37. The minimum absolute atomic E-state index is 0.0500. The predicted molar refractivity (Wildman–Crippen MR) is 72.3 cm³/mol. The predicted octanol–water partition coefficient (Wildman–Crippen LogP) is 3.09. The van der Waals surface area contributed by atoms with Crippen LogP contribution in [-0.4, -0.2) is 22.1 Å². The first-order valence-electron chi connectivity index (χ1n) is 6.07. The zero-order valence-electron chi connectivity index (χ0n) is 10.8. The van der Waals surface area contributed by atoms with Crippen molar-refractivity contribution in [3.8, 4) is 0 Å². The Morgan fingerprint density at radius 3 is 2.72 bits per heavy atom. The number of anilines is 1. The molecule has 0 aromatic carbocycles.